The molecule has 0 saturated heterocycles. The number of amides is 1. The van der Waals surface area contributed by atoms with Crippen LogP contribution in [0, 0.1) is 11.6 Å². The van der Waals surface area contributed by atoms with Crippen molar-refractivity contribution in [2.24, 2.45) is 0 Å². The van der Waals surface area contributed by atoms with Gasteiger partial charge >= 0.3 is 0 Å². The smallest absolute Gasteiger partial charge is 0.256 e. The number of halogens is 2. The van der Waals surface area contributed by atoms with Gasteiger partial charge in [0.15, 0.2) is 5.76 Å². The number of benzene rings is 2. The van der Waals surface area contributed by atoms with Crippen molar-refractivity contribution in [2.75, 3.05) is 12.3 Å². The first-order valence-electron chi connectivity index (χ1n) is 7.96. The van der Waals surface area contributed by atoms with Crippen molar-refractivity contribution in [3.63, 3.8) is 0 Å². The molecule has 0 bridgehead atoms. The molecule has 0 aliphatic heterocycles. The molecule has 3 aromatic rings. The molecule has 0 aliphatic rings. The van der Waals surface area contributed by atoms with E-state index in [2.05, 4.69) is 10.3 Å². The lowest BCUT2D eigenvalue weighted by Gasteiger charge is -2.04. The van der Waals surface area contributed by atoms with Crippen LogP contribution in [0.15, 0.2) is 64.4 Å². The van der Waals surface area contributed by atoms with Gasteiger partial charge in [0.2, 0.25) is 5.91 Å². The number of carbonyl (C=O) groups is 1. The highest BCUT2D eigenvalue weighted by Gasteiger charge is 2.09. The van der Waals surface area contributed by atoms with Crippen LogP contribution in [0.25, 0.3) is 11.3 Å². The average Bonchev–Trinajstić information content (AvgIpc) is 3.11. The van der Waals surface area contributed by atoms with Gasteiger partial charge < -0.3 is 9.73 Å². The lowest BCUT2D eigenvalue weighted by atomic mass is 10.1. The molecule has 1 amide bonds. The molecule has 1 aromatic heterocycles. The molecule has 0 atom stereocenters. The SMILES string of the molecule is O=C(CSc1ncc(-c2ccc(F)cc2)o1)NCCc1ccc(F)cc1. The minimum atomic E-state index is -0.319. The van der Waals surface area contributed by atoms with E-state index in [1.165, 1.54) is 36.0 Å². The fourth-order valence-electron chi connectivity index (χ4n) is 2.25. The van der Waals surface area contributed by atoms with Gasteiger partial charge in [-0.05, 0) is 48.4 Å². The minimum Gasteiger partial charge on any atom is -0.431 e. The van der Waals surface area contributed by atoms with E-state index in [0.29, 0.717) is 23.9 Å². The number of carbonyl (C=O) groups excluding carboxylic acids is 1. The minimum absolute atomic E-state index is 0.140. The third kappa shape index (κ3) is 5.16. The summed E-state index contributed by atoms with van der Waals surface area (Å²) in [6, 6.07) is 12.1. The van der Waals surface area contributed by atoms with Crippen LogP contribution >= 0.6 is 11.8 Å². The van der Waals surface area contributed by atoms with Crippen LogP contribution < -0.4 is 5.32 Å². The van der Waals surface area contributed by atoms with E-state index < -0.39 is 0 Å². The van der Waals surface area contributed by atoms with Gasteiger partial charge in [0.05, 0.1) is 11.9 Å². The zero-order valence-electron chi connectivity index (χ0n) is 13.7. The van der Waals surface area contributed by atoms with E-state index in [1.54, 1.807) is 30.5 Å². The number of hydrogen-bond donors (Lipinski definition) is 1. The standard InChI is InChI=1S/C19H16F2N2O2S/c20-15-5-1-13(2-6-15)9-10-22-18(24)12-26-19-23-11-17(25-19)14-3-7-16(21)8-4-14/h1-8,11H,9-10,12H2,(H,22,24). The number of hydrogen-bond acceptors (Lipinski definition) is 4. The van der Waals surface area contributed by atoms with Crippen LogP contribution in [-0.4, -0.2) is 23.2 Å². The Hall–Kier alpha value is -2.67. The first-order chi connectivity index (χ1) is 12.6. The normalized spacial score (nSPS) is 10.7. The Balaban J connectivity index is 1.43. The average molecular weight is 374 g/mol. The summed E-state index contributed by atoms with van der Waals surface area (Å²) in [5.41, 5.74) is 1.67. The van der Waals surface area contributed by atoms with E-state index in [1.807, 2.05) is 0 Å². The van der Waals surface area contributed by atoms with Crippen LogP contribution in [0.5, 0.6) is 0 Å². The Labute approximate surface area is 153 Å². The number of rotatable bonds is 7. The summed E-state index contributed by atoms with van der Waals surface area (Å²) < 4.78 is 31.3. The van der Waals surface area contributed by atoms with E-state index in [-0.39, 0.29) is 23.3 Å². The maximum Gasteiger partial charge on any atom is 0.256 e. The number of oxazole rings is 1. The fraction of sp³-hybridized carbons (Fsp3) is 0.158. The van der Waals surface area contributed by atoms with Crippen LogP contribution in [0.4, 0.5) is 8.78 Å². The number of aromatic nitrogens is 1. The summed E-state index contributed by atoms with van der Waals surface area (Å²) in [6.45, 7) is 0.470. The molecular weight excluding hydrogens is 358 g/mol. The first-order valence-corrected chi connectivity index (χ1v) is 8.94. The molecule has 7 heteroatoms. The Morgan fingerprint density at radius 2 is 1.69 bits per heavy atom. The highest BCUT2D eigenvalue weighted by molar-refractivity contribution is 7.99. The van der Waals surface area contributed by atoms with Crippen LogP contribution in [0.3, 0.4) is 0 Å². The van der Waals surface area contributed by atoms with Crippen LogP contribution in [0.1, 0.15) is 5.56 Å². The molecule has 0 unspecified atom stereocenters. The second-order valence-corrected chi connectivity index (χ2v) is 6.44. The first kappa shape index (κ1) is 18.1. The molecule has 0 radical (unpaired) electrons. The molecule has 0 spiro atoms. The molecule has 26 heavy (non-hydrogen) atoms. The summed E-state index contributed by atoms with van der Waals surface area (Å²) in [4.78, 5) is 16.0. The Morgan fingerprint density at radius 1 is 1.04 bits per heavy atom. The van der Waals surface area contributed by atoms with Gasteiger partial charge in [0, 0.05) is 12.1 Å². The van der Waals surface area contributed by atoms with Gasteiger partial charge in [-0.15, -0.1) is 0 Å². The van der Waals surface area contributed by atoms with Crippen LogP contribution in [0.2, 0.25) is 0 Å². The van der Waals surface area contributed by atoms with Crippen molar-refractivity contribution in [1.29, 1.82) is 0 Å². The van der Waals surface area contributed by atoms with Crippen LogP contribution in [-0.2, 0) is 11.2 Å². The lowest BCUT2D eigenvalue weighted by Crippen LogP contribution is -2.27. The molecule has 0 saturated carbocycles. The van der Waals surface area contributed by atoms with E-state index in [0.717, 1.165) is 11.1 Å². The van der Waals surface area contributed by atoms with E-state index in [9.17, 15) is 13.6 Å². The maximum atomic E-state index is 12.9. The highest BCUT2D eigenvalue weighted by atomic mass is 32.2. The van der Waals surface area contributed by atoms with Gasteiger partial charge in [0.25, 0.3) is 5.22 Å². The predicted octanol–water partition coefficient (Wildman–Crippen LogP) is 4.07. The van der Waals surface area contributed by atoms with Crippen molar-refractivity contribution in [1.82, 2.24) is 10.3 Å². The summed E-state index contributed by atoms with van der Waals surface area (Å²) >= 11 is 1.18. The summed E-state index contributed by atoms with van der Waals surface area (Å²) in [7, 11) is 0. The molecule has 1 N–H and O–H groups in total. The number of thioether (sulfide) groups is 1. The highest BCUT2D eigenvalue weighted by Crippen LogP contribution is 2.25. The zero-order chi connectivity index (χ0) is 18.4. The monoisotopic (exact) mass is 374 g/mol. The maximum absolute atomic E-state index is 12.9. The van der Waals surface area contributed by atoms with Gasteiger partial charge in [-0.2, -0.15) is 0 Å². The molecule has 1 heterocycles. The Morgan fingerprint density at radius 3 is 2.38 bits per heavy atom. The second-order valence-electron chi connectivity index (χ2n) is 5.51. The summed E-state index contributed by atoms with van der Waals surface area (Å²) in [5.74, 6) is -0.0459. The van der Waals surface area contributed by atoms with E-state index in [4.69, 9.17) is 4.42 Å². The van der Waals surface area contributed by atoms with Gasteiger partial charge in [-0.25, -0.2) is 13.8 Å². The molecule has 3 rings (SSSR count). The topological polar surface area (TPSA) is 55.1 Å². The molecular formula is C19H16F2N2O2S. The molecule has 0 aliphatic carbocycles. The molecule has 2 aromatic carbocycles. The third-order valence-corrected chi connectivity index (χ3v) is 4.43. The predicted molar refractivity (Wildman–Crippen MR) is 95.7 cm³/mol. The van der Waals surface area contributed by atoms with Crippen molar-refractivity contribution in [2.45, 2.75) is 11.6 Å². The molecule has 134 valence electrons. The second kappa shape index (κ2) is 8.62. The summed E-state index contributed by atoms with van der Waals surface area (Å²) in [5, 5.41) is 3.17. The summed E-state index contributed by atoms with van der Waals surface area (Å²) in [6.07, 6.45) is 2.17. The fourth-order valence-corrected chi connectivity index (χ4v) is 2.88. The largest absolute Gasteiger partial charge is 0.431 e. The molecule has 4 nitrogen and oxygen atoms in total. The number of nitrogens with zero attached hydrogens (tertiary/aromatic N) is 1. The Bertz CT molecular complexity index is 864. The Kier molecular flexibility index (Phi) is 6.01. The van der Waals surface area contributed by atoms with Crippen molar-refractivity contribution < 1.29 is 18.0 Å². The number of nitrogens with one attached hydrogen (secondary N) is 1. The zero-order valence-corrected chi connectivity index (χ0v) is 14.6. The van der Waals surface area contributed by atoms with Crippen molar-refractivity contribution >= 4 is 17.7 Å². The third-order valence-electron chi connectivity index (χ3n) is 3.59. The van der Waals surface area contributed by atoms with Gasteiger partial charge in [-0.1, -0.05) is 23.9 Å². The van der Waals surface area contributed by atoms with Crippen molar-refractivity contribution in [3.8, 4) is 11.3 Å². The quantitative estimate of drug-likeness (QED) is 0.634. The molecule has 0 fully saturated rings. The van der Waals surface area contributed by atoms with Gasteiger partial charge in [-0.3, -0.25) is 4.79 Å². The van der Waals surface area contributed by atoms with Crippen molar-refractivity contribution in [3.05, 3.63) is 71.9 Å². The van der Waals surface area contributed by atoms with Gasteiger partial charge in [0.1, 0.15) is 11.6 Å². The van der Waals surface area contributed by atoms with E-state index >= 15 is 0 Å². The lowest BCUT2D eigenvalue weighted by molar-refractivity contribution is -0.118.